The first-order valence-electron chi connectivity index (χ1n) is 10.8. The van der Waals surface area contributed by atoms with E-state index in [9.17, 15) is 9.59 Å². The van der Waals surface area contributed by atoms with E-state index in [2.05, 4.69) is 10.6 Å². The Morgan fingerprint density at radius 2 is 1.50 bits per heavy atom. The Balaban J connectivity index is 1.42. The van der Waals surface area contributed by atoms with Crippen LogP contribution in [0, 0.1) is 0 Å². The van der Waals surface area contributed by atoms with E-state index in [-0.39, 0.29) is 18.4 Å². The first-order valence-corrected chi connectivity index (χ1v) is 11.2. The highest BCUT2D eigenvalue weighted by molar-refractivity contribution is 6.31. The predicted octanol–water partition coefficient (Wildman–Crippen LogP) is 6.10. The highest BCUT2D eigenvalue weighted by Crippen LogP contribution is 2.21. The lowest BCUT2D eigenvalue weighted by Gasteiger charge is -2.12. The minimum Gasteiger partial charge on any atom is -0.489 e. The Morgan fingerprint density at radius 1 is 0.765 bits per heavy atom. The van der Waals surface area contributed by atoms with Crippen molar-refractivity contribution >= 4 is 29.1 Å². The van der Waals surface area contributed by atoms with E-state index in [1.54, 1.807) is 54.6 Å². The van der Waals surface area contributed by atoms with E-state index in [1.165, 1.54) is 0 Å². The van der Waals surface area contributed by atoms with Crippen LogP contribution >= 0.6 is 11.6 Å². The van der Waals surface area contributed by atoms with Gasteiger partial charge in [-0.1, -0.05) is 78.3 Å². The summed E-state index contributed by atoms with van der Waals surface area (Å²) in [6.45, 7) is 0.682. The maximum absolute atomic E-state index is 12.9. The molecule has 0 bridgehead atoms. The number of ether oxygens (including phenoxy) is 1. The predicted molar refractivity (Wildman–Crippen MR) is 134 cm³/mol. The van der Waals surface area contributed by atoms with Gasteiger partial charge < -0.3 is 15.4 Å². The van der Waals surface area contributed by atoms with Crippen LogP contribution in [0.3, 0.4) is 0 Å². The normalized spacial score (nSPS) is 10.4. The van der Waals surface area contributed by atoms with Gasteiger partial charge in [0.05, 0.1) is 11.3 Å². The van der Waals surface area contributed by atoms with Crippen molar-refractivity contribution in [2.45, 2.75) is 13.2 Å². The summed E-state index contributed by atoms with van der Waals surface area (Å²) in [5, 5.41) is 6.36. The number of carbonyl (C=O) groups excluding carboxylic acids is 2. The Morgan fingerprint density at radius 3 is 2.32 bits per heavy atom. The Bertz CT molecular complexity index is 1290. The third-order valence-electron chi connectivity index (χ3n) is 5.16. The molecule has 0 saturated heterocycles. The summed E-state index contributed by atoms with van der Waals surface area (Å²) in [5.41, 5.74) is 3.08. The molecule has 0 radical (unpaired) electrons. The van der Waals surface area contributed by atoms with Crippen LogP contribution in [0.4, 0.5) is 5.69 Å². The third kappa shape index (κ3) is 6.03. The number of hydrogen-bond donors (Lipinski definition) is 2. The molecule has 4 aromatic rings. The molecule has 0 aromatic heterocycles. The second-order valence-electron chi connectivity index (χ2n) is 7.58. The van der Waals surface area contributed by atoms with E-state index in [0.717, 1.165) is 11.1 Å². The Kier molecular flexibility index (Phi) is 7.58. The first-order chi connectivity index (χ1) is 16.6. The van der Waals surface area contributed by atoms with Crippen LogP contribution in [0.15, 0.2) is 103 Å². The van der Waals surface area contributed by atoms with Crippen LogP contribution in [0.25, 0.3) is 0 Å². The fourth-order valence-corrected chi connectivity index (χ4v) is 3.55. The molecule has 4 rings (SSSR count). The Hall–Kier alpha value is -4.09. The van der Waals surface area contributed by atoms with E-state index < -0.39 is 0 Å². The number of carbonyl (C=O) groups is 2. The summed E-state index contributed by atoms with van der Waals surface area (Å²) in [6.07, 6.45) is 0. The second-order valence-corrected chi connectivity index (χ2v) is 7.98. The van der Waals surface area contributed by atoms with Gasteiger partial charge in [0.15, 0.2) is 0 Å². The van der Waals surface area contributed by atoms with Crippen molar-refractivity contribution < 1.29 is 14.3 Å². The minimum absolute atomic E-state index is 0.267. The summed E-state index contributed by atoms with van der Waals surface area (Å²) in [6, 6.07) is 30.9. The molecule has 0 heterocycles. The van der Waals surface area contributed by atoms with Gasteiger partial charge in [0.1, 0.15) is 12.4 Å². The van der Waals surface area contributed by atoms with Crippen molar-refractivity contribution in [3.63, 3.8) is 0 Å². The van der Waals surface area contributed by atoms with Crippen molar-refractivity contribution in [1.82, 2.24) is 5.32 Å². The largest absolute Gasteiger partial charge is 0.489 e. The average molecular weight is 471 g/mol. The van der Waals surface area contributed by atoms with Crippen molar-refractivity contribution in [1.29, 1.82) is 0 Å². The maximum atomic E-state index is 12.9. The quantitative estimate of drug-likeness (QED) is 0.327. The van der Waals surface area contributed by atoms with Crippen molar-refractivity contribution in [2.75, 3.05) is 5.32 Å². The molecule has 2 amide bonds. The van der Waals surface area contributed by atoms with Gasteiger partial charge in [-0.3, -0.25) is 9.59 Å². The fraction of sp³-hybridized carbons (Fsp3) is 0.0714. The number of benzene rings is 4. The fourth-order valence-electron chi connectivity index (χ4n) is 3.36. The zero-order valence-electron chi connectivity index (χ0n) is 18.3. The molecule has 4 aromatic carbocycles. The van der Waals surface area contributed by atoms with Gasteiger partial charge >= 0.3 is 0 Å². The molecule has 6 heteroatoms. The van der Waals surface area contributed by atoms with E-state index in [0.29, 0.717) is 34.1 Å². The molecule has 2 N–H and O–H groups in total. The molecule has 170 valence electrons. The molecule has 0 unspecified atom stereocenters. The van der Waals surface area contributed by atoms with Crippen LogP contribution in [0.1, 0.15) is 31.8 Å². The minimum atomic E-state index is -0.341. The summed E-state index contributed by atoms with van der Waals surface area (Å²) < 4.78 is 5.82. The maximum Gasteiger partial charge on any atom is 0.255 e. The van der Waals surface area contributed by atoms with Crippen LogP contribution in [0.5, 0.6) is 5.75 Å². The number of anilines is 1. The van der Waals surface area contributed by atoms with Gasteiger partial charge in [0, 0.05) is 22.7 Å². The molecule has 0 aliphatic rings. The second kappa shape index (κ2) is 11.2. The van der Waals surface area contributed by atoms with E-state index in [4.69, 9.17) is 16.3 Å². The number of hydrogen-bond acceptors (Lipinski definition) is 3. The molecule has 5 nitrogen and oxygen atoms in total. The highest BCUT2D eigenvalue weighted by atomic mass is 35.5. The van der Waals surface area contributed by atoms with Gasteiger partial charge in [-0.25, -0.2) is 0 Å². The van der Waals surface area contributed by atoms with Crippen molar-refractivity contribution in [3.8, 4) is 5.75 Å². The lowest BCUT2D eigenvalue weighted by Crippen LogP contribution is -2.24. The summed E-state index contributed by atoms with van der Waals surface area (Å²) >= 11 is 6.18. The van der Waals surface area contributed by atoms with Gasteiger partial charge in [-0.15, -0.1) is 0 Å². The summed E-state index contributed by atoms with van der Waals surface area (Å²) in [5.74, 6) is -0.0652. The smallest absolute Gasteiger partial charge is 0.255 e. The molecule has 0 fully saturated rings. The van der Waals surface area contributed by atoms with Crippen LogP contribution in [-0.4, -0.2) is 11.8 Å². The summed E-state index contributed by atoms with van der Waals surface area (Å²) in [4.78, 5) is 25.7. The molecule has 0 spiro atoms. The van der Waals surface area contributed by atoms with Gasteiger partial charge in [-0.05, 0) is 42.0 Å². The molecule has 0 saturated carbocycles. The molecular weight excluding hydrogens is 448 g/mol. The highest BCUT2D eigenvalue weighted by Gasteiger charge is 2.14. The van der Waals surface area contributed by atoms with Crippen molar-refractivity contribution in [2.24, 2.45) is 0 Å². The molecule has 0 aliphatic carbocycles. The lowest BCUT2D eigenvalue weighted by atomic mass is 10.1. The lowest BCUT2D eigenvalue weighted by molar-refractivity contribution is 0.0952. The summed E-state index contributed by atoms with van der Waals surface area (Å²) in [7, 11) is 0. The number of para-hydroxylation sites is 1. The SMILES string of the molecule is O=C(Nc1ccccc1C(=O)NCc1ccccc1)c1cccc(OCc2ccccc2Cl)c1. The zero-order chi connectivity index (χ0) is 23.8. The first kappa shape index (κ1) is 23.1. The van der Waals surface area contributed by atoms with Crippen LogP contribution in [-0.2, 0) is 13.2 Å². The number of halogens is 1. The number of nitrogens with one attached hydrogen (secondary N) is 2. The molecule has 0 aliphatic heterocycles. The monoisotopic (exact) mass is 470 g/mol. The van der Waals surface area contributed by atoms with Gasteiger partial charge in [0.25, 0.3) is 11.8 Å². The third-order valence-corrected chi connectivity index (χ3v) is 5.53. The van der Waals surface area contributed by atoms with Crippen LogP contribution in [0.2, 0.25) is 5.02 Å². The molecule has 0 atom stereocenters. The molecular formula is C28H23ClN2O3. The topological polar surface area (TPSA) is 67.4 Å². The average Bonchev–Trinajstić information content (AvgIpc) is 2.88. The standard InChI is InChI=1S/C28H23ClN2O3/c29-25-15-6-4-11-22(25)19-34-23-13-8-12-21(17-23)27(32)31-26-16-7-5-14-24(26)28(33)30-18-20-9-2-1-3-10-20/h1-17H,18-19H2,(H,30,33)(H,31,32). The van der Waals surface area contributed by atoms with E-state index in [1.807, 2.05) is 48.5 Å². The number of amides is 2. The van der Waals surface area contributed by atoms with Gasteiger partial charge in [0.2, 0.25) is 0 Å². The van der Waals surface area contributed by atoms with Crippen molar-refractivity contribution in [3.05, 3.63) is 130 Å². The van der Waals surface area contributed by atoms with Gasteiger partial charge in [-0.2, -0.15) is 0 Å². The van der Waals surface area contributed by atoms with E-state index >= 15 is 0 Å². The zero-order valence-corrected chi connectivity index (χ0v) is 19.1. The number of rotatable bonds is 8. The van der Waals surface area contributed by atoms with Crippen LogP contribution < -0.4 is 15.4 Å². The molecule has 34 heavy (non-hydrogen) atoms. The Labute approximate surface area is 203 Å².